The minimum atomic E-state index is -0.341. The molecule has 114 valence electrons. The first kappa shape index (κ1) is 15.7. The van der Waals surface area contributed by atoms with Gasteiger partial charge in [0.1, 0.15) is 6.61 Å². The zero-order chi connectivity index (χ0) is 14.9. The van der Waals surface area contributed by atoms with Crippen molar-refractivity contribution in [2.24, 2.45) is 0 Å². The highest BCUT2D eigenvalue weighted by Gasteiger charge is 2.21. The maximum Gasteiger partial charge on any atom is 0.165 e. The van der Waals surface area contributed by atoms with Crippen molar-refractivity contribution in [3.05, 3.63) is 30.1 Å². The number of benzene rings is 1. The Labute approximate surface area is 125 Å². The fourth-order valence-corrected chi connectivity index (χ4v) is 2.56. The quantitative estimate of drug-likeness (QED) is 0.775. The van der Waals surface area contributed by atoms with Gasteiger partial charge in [-0.25, -0.2) is 4.39 Å². The fraction of sp³-hybridized carbons (Fsp3) is 0.562. The van der Waals surface area contributed by atoms with Gasteiger partial charge in [-0.3, -0.25) is 4.90 Å². The maximum absolute atomic E-state index is 13.5. The molecule has 0 atom stereocenters. The molecule has 1 aromatic rings. The lowest BCUT2D eigenvalue weighted by Gasteiger charge is -2.33. The predicted octanol–water partition coefficient (Wildman–Crippen LogP) is 2.60. The van der Waals surface area contributed by atoms with Crippen LogP contribution in [-0.2, 0) is 4.74 Å². The van der Waals surface area contributed by atoms with Gasteiger partial charge in [-0.05, 0) is 25.0 Å². The Morgan fingerprint density at radius 3 is 2.76 bits per heavy atom. The molecule has 0 radical (unpaired) electrons. The lowest BCUT2D eigenvalue weighted by atomic mass is 10.1. The van der Waals surface area contributed by atoms with Crippen LogP contribution in [0.2, 0.25) is 0 Å². The number of halogens is 1. The second kappa shape index (κ2) is 8.60. The Kier molecular flexibility index (Phi) is 6.45. The predicted molar refractivity (Wildman–Crippen MR) is 77.5 cm³/mol. The molecule has 2 rings (SSSR count). The van der Waals surface area contributed by atoms with E-state index >= 15 is 0 Å². The summed E-state index contributed by atoms with van der Waals surface area (Å²) in [5.74, 6) is -0.0585. The Bertz CT molecular complexity index is 470. The van der Waals surface area contributed by atoms with Crippen LogP contribution < -0.4 is 4.74 Å². The summed E-state index contributed by atoms with van der Waals surface area (Å²) in [7, 11) is 0. The van der Waals surface area contributed by atoms with Gasteiger partial charge in [0.15, 0.2) is 11.6 Å². The van der Waals surface area contributed by atoms with Crippen molar-refractivity contribution in [1.82, 2.24) is 4.90 Å². The van der Waals surface area contributed by atoms with Gasteiger partial charge in [-0.2, -0.15) is 5.26 Å². The molecule has 0 saturated carbocycles. The lowest BCUT2D eigenvalue weighted by Crippen LogP contribution is -2.42. The molecule has 0 bridgehead atoms. The largest absolute Gasteiger partial charge is 0.489 e. The van der Waals surface area contributed by atoms with Crippen molar-refractivity contribution in [3.63, 3.8) is 0 Å². The third-order valence-electron chi connectivity index (χ3n) is 3.69. The van der Waals surface area contributed by atoms with Crippen molar-refractivity contribution < 1.29 is 13.9 Å². The van der Waals surface area contributed by atoms with Crippen molar-refractivity contribution in [3.8, 4) is 11.8 Å². The molecular weight excluding hydrogens is 271 g/mol. The molecule has 0 N–H and O–H groups in total. The number of ether oxygens (including phenoxy) is 2. The van der Waals surface area contributed by atoms with Crippen molar-refractivity contribution >= 4 is 0 Å². The van der Waals surface area contributed by atoms with Gasteiger partial charge in [0, 0.05) is 38.8 Å². The number of rotatable bonds is 7. The topological polar surface area (TPSA) is 45.5 Å². The van der Waals surface area contributed by atoms with E-state index in [0.29, 0.717) is 25.6 Å². The van der Waals surface area contributed by atoms with Gasteiger partial charge in [0.2, 0.25) is 0 Å². The summed E-state index contributed by atoms with van der Waals surface area (Å²) >= 11 is 0. The van der Waals surface area contributed by atoms with Crippen molar-refractivity contribution in [1.29, 1.82) is 5.26 Å². The molecule has 1 fully saturated rings. The highest BCUT2D eigenvalue weighted by atomic mass is 19.1. The molecule has 0 spiro atoms. The third kappa shape index (κ3) is 5.00. The molecular formula is C16H21FN2O2. The van der Waals surface area contributed by atoms with Gasteiger partial charge in [-0.1, -0.05) is 12.1 Å². The molecule has 1 aliphatic heterocycles. The van der Waals surface area contributed by atoms with E-state index in [2.05, 4.69) is 11.0 Å². The molecule has 0 aromatic heterocycles. The summed E-state index contributed by atoms with van der Waals surface area (Å²) < 4.78 is 24.4. The lowest BCUT2D eigenvalue weighted by molar-refractivity contribution is 0.0300. The summed E-state index contributed by atoms with van der Waals surface area (Å²) in [6.45, 7) is 3.37. The van der Waals surface area contributed by atoms with E-state index in [1.54, 1.807) is 18.2 Å². The van der Waals surface area contributed by atoms with Crippen LogP contribution in [0.5, 0.6) is 5.75 Å². The average molecular weight is 292 g/mol. The van der Waals surface area contributed by atoms with E-state index < -0.39 is 0 Å². The SMILES string of the molecule is N#CCCN(CCOc1ccccc1F)C1CCOCC1. The molecule has 1 heterocycles. The number of para-hydroxylation sites is 1. The minimum absolute atomic E-state index is 0.282. The highest BCUT2D eigenvalue weighted by Crippen LogP contribution is 2.17. The smallest absolute Gasteiger partial charge is 0.165 e. The summed E-state index contributed by atoms with van der Waals surface area (Å²) in [4.78, 5) is 2.26. The summed E-state index contributed by atoms with van der Waals surface area (Å²) in [6.07, 6.45) is 2.45. The Hall–Kier alpha value is -1.64. The third-order valence-corrected chi connectivity index (χ3v) is 3.69. The zero-order valence-corrected chi connectivity index (χ0v) is 12.1. The second-order valence-corrected chi connectivity index (χ2v) is 5.07. The first-order valence-corrected chi connectivity index (χ1v) is 7.37. The second-order valence-electron chi connectivity index (χ2n) is 5.07. The van der Waals surface area contributed by atoms with E-state index in [0.717, 1.165) is 32.6 Å². The monoisotopic (exact) mass is 292 g/mol. The number of nitrogens with zero attached hydrogens (tertiary/aromatic N) is 2. The maximum atomic E-state index is 13.5. The van der Waals surface area contributed by atoms with E-state index in [4.69, 9.17) is 14.7 Å². The van der Waals surface area contributed by atoms with Crippen LogP contribution >= 0.6 is 0 Å². The Morgan fingerprint density at radius 1 is 1.29 bits per heavy atom. The van der Waals surface area contributed by atoms with Crippen LogP contribution in [0.4, 0.5) is 4.39 Å². The molecule has 1 aromatic carbocycles. The molecule has 0 aliphatic carbocycles. The van der Waals surface area contributed by atoms with Crippen LogP contribution in [0, 0.1) is 17.1 Å². The van der Waals surface area contributed by atoms with Crippen molar-refractivity contribution in [2.45, 2.75) is 25.3 Å². The zero-order valence-electron chi connectivity index (χ0n) is 12.1. The Balaban J connectivity index is 1.83. The van der Waals surface area contributed by atoms with Crippen LogP contribution in [-0.4, -0.2) is 43.9 Å². The first-order chi connectivity index (χ1) is 10.3. The first-order valence-electron chi connectivity index (χ1n) is 7.37. The Morgan fingerprint density at radius 2 is 2.05 bits per heavy atom. The number of hydrogen-bond acceptors (Lipinski definition) is 4. The number of hydrogen-bond donors (Lipinski definition) is 0. The molecule has 1 saturated heterocycles. The molecule has 0 unspecified atom stereocenters. The van der Waals surface area contributed by atoms with E-state index in [1.165, 1.54) is 6.07 Å². The highest BCUT2D eigenvalue weighted by molar-refractivity contribution is 5.23. The van der Waals surface area contributed by atoms with E-state index in [-0.39, 0.29) is 11.6 Å². The molecule has 1 aliphatic rings. The molecule has 0 amide bonds. The number of nitriles is 1. The molecule has 4 nitrogen and oxygen atoms in total. The van der Waals surface area contributed by atoms with Gasteiger partial charge in [-0.15, -0.1) is 0 Å². The van der Waals surface area contributed by atoms with Gasteiger partial charge >= 0.3 is 0 Å². The van der Waals surface area contributed by atoms with E-state index in [1.807, 2.05) is 0 Å². The van der Waals surface area contributed by atoms with E-state index in [9.17, 15) is 4.39 Å². The van der Waals surface area contributed by atoms with Gasteiger partial charge in [0.25, 0.3) is 0 Å². The van der Waals surface area contributed by atoms with Crippen LogP contribution in [0.3, 0.4) is 0 Å². The summed E-state index contributed by atoms with van der Waals surface area (Å²) in [6, 6.07) is 9.02. The normalized spacial score (nSPS) is 15.9. The standard InChI is InChI=1S/C16H21FN2O2/c17-15-4-1-2-5-16(15)21-13-10-19(9-3-8-18)14-6-11-20-12-7-14/h1-2,4-5,14H,3,6-7,9-13H2. The van der Waals surface area contributed by atoms with Crippen LogP contribution in [0.1, 0.15) is 19.3 Å². The van der Waals surface area contributed by atoms with Crippen molar-refractivity contribution in [2.75, 3.05) is 32.9 Å². The summed E-state index contributed by atoms with van der Waals surface area (Å²) in [5.41, 5.74) is 0. The van der Waals surface area contributed by atoms with Crippen LogP contribution in [0.15, 0.2) is 24.3 Å². The minimum Gasteiger partial charge on any atom is -0.489 e. The van der Waals surface area contributed by atoms with Gasteiger partial charge < -0.3 is 9.47 Å². The fourth-order valence-electron chi connectivity index (χ4n) is 2.56. The summed E-state index contributed by atoms with van der Waals surface area (Å²) in [5, 5.41) is 8.77. The van der Waals surface area contributed by atoms with Gasteiger partial charge in [0.05, 0.1) is 6.07 Å². The average Bonchev–Trinajstić information content (AvgIpc) is 2.53. The molecule has 5 heteroatoms. The van der Waals surface area contributed by atoms with Crippen LogP contribution in [0.25, 0.3) is 0 Å². The molecule has 21 heavy (non-hydrogen) atoms.